The lowest BCUT2D eigenvalue weighted by Gasteiger charge is -2.11. The minimum atomic E-state index is -0.0932. The van der Waals surface area contributed by atoms with Crippen molar-refractivity contribution in [3.63, 3.8) is 0 Å². The SMILES string of the molecule is CCNc1nc(NCC)n2c(SCC(=O)NCc3ccccc3Cn3ccnc3)nnc2n1. The summed E-state index contributed by atoms with van der Waals surface area (Å²) in [6.45, 7) is 6.48. The van der Waals surface area contributed by atoms with Crippen LogP contribution in [0.15, 0.2) is 48.1 Å². The van der Waals surface area contributed by atoms with E-state index in [2.05, 4.69) is 47.2 Å². The normalized spacial score (nSPS) is 11.0. The predicted octanol–water partition coefficient (Wildman–Crippen LogP) is 2.04. The number of nitrogens with one attached hydrogen (secondary N) is 3. The zero-order valence-electron chi connectivity index (χ0n) is 18.5. The first-order valence-electron chi connectivity index (χ1n) is 10.7. The van der Waals surface area contributed by atoms with Crippen LogP contribution in [0.25, 0.3) is 5.78 Å². The Hall–Kier alpha value is -3.67. The van der Waals surface area contributed by atoms with Crippen LogP contribution in [-0.2, 0) is 17.9 Å². The number of thioether (sulfide) groups is 1. The second kappa shape index (κ2) is 10.8. The number of aromatic nitrogens is 7. The molecule has 0 saturated carbocycles. The molecule has 12 heteroatoms. The van der Waals surface area contributed by atoms with E-state index in [4.69, 9.17) is 0 Å². The van der Waals surface area contributed by atoms with Gasteiger partial charge in [-0.05, 0) is 25.0 Å². The molecule has 33 heavy (non-hydrogen) atoms. The van der Waals surface area contributed by atoms with Gasteiger partial charge in [-0.15, -0.1) is 10.2 Å². The number of imidazole rings is 1. The Bertz CT molecular complexity index is 1210. The van der Waals surface area contributed by atoms with Crippen molar-refractivity contribution in [2.75, 3.05) is 29.5 Å². The summed E-state index contributed by atoms with van der Waals surface area (Å²) in [5, 5.41) is 18.2. The smallest absolute Gasteiger partial charge is 0.261 e. The number of benzene rings is 1. The van der Waals surface area contributed by atoms with E-state index in [9.17, 15) is 4.79 Å². The molecular weight excluding hydrogens is 440 g/mol. The predicted molar refractivity (Wildman–Crippen MR) is 127 cm³/mol. The molecule has 3 N–H and O–H groups in total. The Morgan fingerprint density at radius 3 is 2.64 bits per heavy atom. The highest BCUT2D eigenvalue weighted by atomic mass is 32.2. The van der Waals surface area contributed by atoms with Crippen molar-refractivity contribution >= 4 is 35.3 Å². The number of hydrogen-bond acceptors (Lipinski definition) is 9. The third kappa shape index (κ3) is 5.58. The van der Waals surface area contributed by atoms with Gasteiger partial charge in [0, 0.05) is 38.6 Å². The van der Waals surface area contributed by atoms with Crippen LogP contribution in [0.5, 0.6) is 0 Å². The Morgan fingerprint density at radius 1 is 1.06 bits per heavy atom. The zero-order chi connectivity index (χ0) is 23.0. The van der Waals surface area contributed by atoms with Crippen molar-refractivity contribution < 1.29 is 4.79 Å². The third-order valence-corrected chi connectivity index (χ3v) is 5.68. The van der Waals surface area contributed by atoms with Crippen molar-refractivity contribution in [2.45, 2.75) is 32.1 Å². The van der Waals surface area contributed by atoms with E-state index in [1.807, 2.05) is 42.8 Å². The fraction of sp³-hybridized carbons (Fsp3) is 0.333. The fourth-order valence-corrected chi connectivity index (χ4v) is 3.99. The third-order valence-electron chi connectivity index (χ3n) is 4.75. The molecule has 0 unspecified atom stereocenters. The van der Waals surface area contributed by atoms with Gasteiger partial charge >= 0.3 is 0 Å². The van der Waals surface area contributed by atoms with Gasteiger partial charge in [0.25, 0.3) is 5.78 Å². The van der Waals surface area contributed by atoms with Crippen LogP contribution >= 0.6 is 11.8 Å². The van der Waals surface area contributed by atoms with Gasteiger partial charge in [-0.3, -0.25) is 4.79 Å². The number of carbonyl (C=O) groups excluding carboxylic acids is 1. The lowest BCUT2D eigenvalue weighted by molar-refractivity contribution is -0.118. The summed E-state index contributed by atoms with van der Waals surface area (Å²) in [5.41, 5.74) is 2.20. The maximum absolute atomic E-state index is 12.6. The van der Waals surface area contributed by atoms with Gasteiger partial charge in [0.1, 0.15) is 0 Å². The first-order valence-corrected chi connectivity index (χ1v) is 11.7. The molecule has 1 aromatic carbocycles. The second-order valence-corrected chi connectivity index (χ2v) is 8.06. The Morgan fingerprint density at radius 2 is 1.88 bits per heavy atom. The van der Waals surface area contributed by atoms with Gasteiger partial charge in [0.15, 0.2) is 5.16 Å². The molecule has 3 heterocycles. The number of rotatable bonds is 11. The molecule has 0 atom stereocenters. The fourth-order valence-electron chi connectivity index (χ4n) is 3.23. The van der Waals surface area contributed by atoms with Gasteiger partial charge in [-0.25, -0.2) is 9.38 Å². The van der Waals surface area contributed by atoms with Gasteiger partial charge in [-0.1, -0.05) is 36.0 Å². The van der Waals surface area contributed by atoms with Crippen LogP contribution in [0.2, 0.25) is 0 Å². The Kier molecular flexibility index (Phi) is 7.35. The summed E-state index contributed by atoms with van der Waals surface area (Å²) in [6.07, 6.45) is 5.45. The molecule has 0 radical (unpaired) electrons. The first kappa shape index (κ1) is 22.5. The minimum Gasteiger partial charge on any atom is -0.355 e. The molecule has 0 saturated heterocycles. The maximum Gasteiger partial charge on any atom is 0.261 e. The molecule has 172 valence electrons. The molecule has 3 aromatic heterocycles. The first-order chi connectivity index (χ1) is 16.2. The summed E-state index contributed by atoms with van der Waals surface area (Å²) >= 11 is 1.29. The summed E-state index contributed by atoms with van der Waals surface area (Å²) in [5.74, 6) is 1.60. The van der Waals surface area contributed by atoms with Crippen LogP contribution < -0.4 is 16.0 Å². The van der Waals surface area contributed by atoms with Gasteiger partial charge in [0.2, 0.25) is 17.8 Å². The van der Waals surface area contributed by atoms with Crippen molar-refractivity contribution in [1.82, 2.24) is 39.4 Å². The number of amides is 1. The number of hydrogen-bond donors (Lipinski definition) is 3. The van der Waals surface area contributed by atoms with Gasteiger partial charge in [0.05, 0.1) is 12.1 Å². The van der Waals surface area contributed by atoms with E-state index in [1.165, 1.54) is 11.8 Å². The molecule has 0 aliphatic rings. The molecule has 11 nitrogen and oxygen atoms in total. The largest absolute Gasteiger partial charge is 0.355 e. The van der Waals surface area contributed by atoms with E-state index in [0.29, 0.717) is 49.0 Å². The molecule has 0 aliphatic carbocycles. The second-order valence-electron chi connectivity index (χ2n) is 7.12. The molecule has 1 amide bonds. The van der Waals surface area contributed by atoms with Crippen LogP contribution in [0.1, 0.15) is 25.0 Å². The van der Waals surface area contributed by atoms with Gasteiger partial charge < -0.3 is 20.5 Å². The highest BCUT2D eigenvalue weighted by Crippen LogP contribution is 2.21. The number of carbonyl (C=O) groups is 1. The van der Waals surface area contributed by atoms with Crippen molar-refractivity contribution in [3.8, 4) is 0 Å². The number of fused-ring (bicyclic) bond motifs is 1. The average Bonchev–Trinajstić information content (AvgIpc) is 3.47. The molecule has 4 aromatic rings. The lowest BCUT2D eigenvalue weighted by Crippen LogP contribution is -2.25. The molecule has 0 bridgehead atoms. The summed E-state index contributed by atoms with van der Waals surface area (Å²) in [7, 11) is 0. The standard InChI is InChI=1S/C21H26N10OS/c1-3-23-18-26-19(24-4-2)31-20(27-18)28-29-21(31)33-13-17(32)25-11-15-7-5-6-8-16(15)12-30-10-9-22-14-30/h5-10,14H,3-4,11-13H2,1-2H3,(H,25,32)(H2,23,24,26,27,28). The Balaban J connectivity index is 1.40. The molecule has 4 rings (SSSR count). The van der Waals surface area contributed by atoms with E-state index in [-0.39, 0.29) is 11.7 Å². The van der Waals surface area contributed by atoms with Crippen LogP contribution in [0, 0.1) is 0 Å². The average molecular weight is 467 g/mol. The van der Waals surface area contributed by atoms with E-state index in [0.717, 1.165) is 11.1 Å². The molecule has 0 aliphatic heterocycles. The van der Waals surface area contributed by atoms with Crippen LogP contribution in [0.4, 0.5) is 11.9 Å². The van der Waals surface area contributed by atoms with Crippen LogP contribution in [0.3, 0.4) is 0 Å². The lowest BCUT2D eigenvalue weighted by atomic mass is 10.1. The monoisotopic (exact) mass is 466 g/mol. The molecular formula is C21H26N10OS. The summed E-state index contributed by atoms with van der Waals surface area (Å²) in [4.78, 5) is 25.5. The maximum atomic E-state index is 12.6. The van der Waals surface area contributed by atoms with Crippen molar-refractivity contribution in [1.29, 1.82) is 0 Å². The zero-order valence-corrected chi connectivity index (χ0v) is 19.3. The summed E-state index contributed by atoms with van der Waals surface area (Å²) in [6, 6.07) is 8.05. The Labute approximate surface area is 195 Å². The quantitative estimate of drug-likeness (QED) is 0.285. The van der Waals surface area contributed by atoms with E-state index < -0.39 is 0 Å². The highest BCUT2D eigenvalue weighted by molar-refractivity contribution is 7.99. The molecule has 0 spiro atoms. The van der Waals surface area contributed by atoms with Crippen molar-refractivity contribution in [3.05, 3.63) is 54.1 Å². The number of nitrogens with zero attached hydrogens (tertiary/aromatic N) is 7. The number of anilines is 2. The van der Waals surface area contributed by atoms with Crippen LogP contribution in [-0.4, -0.2) is 58.9 Å². The topological polar surface area (TPSA) is 127 Å². The molecule has 0 fully saturated rings. The van der Waals surface area contributed by atoms with E-state index in [1.54, 1.807) is 16.9 Å². The van der Waals surface area contributed by atoms with Crippen molar-refractivity contribution in [2.24, 2.45) is 0 Å². The van der Waals surface area contributed by atoms with E-state index >= 15 is 0 Å². The van der Waals surface area contributed by atoms with Gasteiger partial charge in [-0.2, -0.15) is 9.97 Å². The highest BCUT2D eigenvalue weighted by Gasteiger charge is 2.16. The minimum absolute atomic E-state index is 0.0932. The summed E-state index contributed by atoms with van der Waals surface area (Å²) < 4.78 is 3.72.